The summed E-state index contributed by atoms with van der Waals surface area (Å²) >= 11 is 0. The van der Waals surface area contributed by atoms with E-state index in [0.717, 1.165) is 18.9 Å². The molecule has 2 aromatic rings. The topological polar surface area (TPSA) is 123 Å². The maximum Gasteiger partial charge on any atom is 0.270 e. The number of amides is 2. The predicted octanol–water partition coefficient (Wildman–Crippen LogP) is 2.69. The van der Waals surface area contributed by atoms with Crippen LogP contribution in [0.1, 0.15) is 23.2 Å². The molecule has 30 heavy (non-hydrogen) atoms. The lowest BCUT2D eigenvalue weighted by Gasteiger charge is -2.13. The highest BCUT2D eigenvalue weighted by atomic mass is 19.1. The van der Waals surface area contributed by atoms with E-state index in [1.807, 2.05) is 0 Å². The highest BCUT2D eigenvalue weighted by Crippen LogP contribution is 2.24. The zero-order valence-corrected chi connectivity index (χ0v) is 16.0. The Morgan fingerprint density at radius 1 is 1.17 bits per heavy atom. The minimum Gasteiger partial charge on any atom is -0.377 e. The number of nitro groups is 1. The Labute approximate surface area is 171 Å². The van der Waals surface area contributed by atoms with Crippen LogP contribution in [0.5, 0.6) is 0 Å². The molecule has 0 saturated carbocycles. The molecule has 3 rings (SSSR count). The van der Waals surface area contributed by atoms with Gasteiger partial charge < -0.3 is 20.7 Å². The van der Waals surface area contributed by atoms with Crippen molar-refractivity contribution >= 4 is 28.9 Å². The summed E-state index contributed by atoms with van der Waals surface area (Å²) in [5.41, 5.74) is -0.481. The van der Waals surface area contributed by atoms with E-state index in [2.05, 4.69) is 16.0 Å². The highest BCUT2D eigenvalue weighted by Gasteiger charge is 2.20. The van der Waals surface area contributed by atoms with Gasteiger partial charge in [0.1, 0.15) is 5.82 Å². The number of rotatable bonds is 8. The average molecular weight is 416 g/mol. The number of nitro benzene ring substituents is 1. The van der Waals surface area contributed by atoms with E-state index in [-0.39, 0.29) is 35.3 Å². The number of halogens is 1. The Kier molecular flexibility index (Phi) is 7.04. The van der Waals surface area contributed by atoms with Crippen LogP contribution in [0.15, 0.2) is 42.5 Å². The molecule has 10 heteroatoms. The van der Waals surface area contributed by atoms with Gasteiger partial charge in [0.15, 0.2) is 0 Å². The van der Waals surface area contributed by atoms with Gasteiger partial charge >= 0.3 is 0 Å². The number of non-ortho nitro benzene ring substituents is 1. The molecule has 1 atom stereocenters. The van der Waals surface area contributed by atoms with Gasteiger partial charge in [-0.3, -0.25) is 19.7 Å². The normalized spacial score (nSPS) is 15.6. The maximum absolute atomic E-state index is 13.8. The van der Waals surface area contributed by atoms with Crippen molar-refractivity contribution in [1.82, 2.24) is 5.32 Å². The van der Waals surface area contributed by atoms with E-state index < -0.39 is 22.6 Å². The molecule has 0 radical (unpaired) electrons. The van der Waals surface area contributed by atoms with Crippen LogP contribution in [-0.2, 0) is 9.53 Å². The second-order valence-corrected chi connectivity index (χ2v) is 6.74. The van der Waals surface area contributed by atoms with Crippen LogP contribution < -0.4 is 16.0 Å². The molecule has 1 heterocycles. The number of benzene rings is 2. The summed E-state index contributed by atoms with van der Waals surface area (Å²) in [5, 5.41) is 19.0. The molecule has 9 nitrogen and oxygen atoms in total. The van der Waals surface area contributed by atoms with Gasteiger partial charge in [-0.25, -0.2) is 4.39 Å². The molecule has 0 aromatic heterocycles. The lowest BCUT2D eigenvalue weighted by atomic mass is 10.1. The Morgan fingerprint density at radius 2 is 1.97 bits per heavy atom. The number of nitrogens with one attached hydrogen (secondary N) is 3. The molecule has 158 valence electrons. The summed E-state index contributed by atoms with van der Waals surface area (Å²) in [7, 11) is 0. The summed E-state index contributed by atoms with van der Waals surface area (Å²) < 4.78 is 19.3. The predicted molar refractivity (Wildman–Crippen MR) is 108 cm³/mol. The van der Waals surface area contributed by atoms with Crippen LogP contribution in [0.25, 0.3) is 0 Å². The van der Waals surface area contributed by atoms with E-state index in [4.69, 9.17) is 4.74 Å². The van der Waals surface area contributed by atoms with E-state index in [1.54, 1.807) is 0 Å². The highest BCUT2D eigenvalue weighted by molar-refractivity contribution is 6.10. The minimum absolute atomic E-state index is 0.0226. The van der Waals surface area contributed by atoms with Crippen LogP contribution >= 0.6 is 0 Å². The van der Waals surface area contributed by atoms with Crippen molar-refractivity contribution in [2.24, 2.45) is 0 Å². The van der Waals surface area contributed by atoms with Gasteiger partial charge in [0.25, 0.3) is 11.6 Å². The average Bonchev–Trinajstić information content (AvgIpc) is 3.23. The third-order valence-corrected chi connectivity index (χ3v) is 4.54. The number of para-hydroxylation sites is 1. The fourth-order valence-electron chi connectivity index (χ4n) is 3.04. The molecule has 1 saturated heterocycles. The lowest BCUT2D eigenvalue weighted by molar-refractivity contribution is -0.384. The van der Waals surface area contributed by atoms with E-state index in [9.17, 15) is 24.1 Å². The fourth-order valence-corrected chi connectivity index (χ4v) is 3.04. The monoisotopic (exact) mass is 416 g/mol. The summed E-state index contributed by atoms with van der Waals surface area (Å²) in [5.74, 6) is -1.87. The van der Waals surface area contributed by atoms with Gasteiger partial charge in [-0.2, -0.15) is 0 Å². The Hall–Kier alpha value is -3.37. The van der Waals surface area contributed by atoms with Gasteiger partial charge in [-0.15, -0.1) is 0 Å². The van der Waals surface area contributed by atoms with Crippen molar-refractivity contribution in [3.63, 3.8) is 0 Å². The minimum atomic E-state index is -0.786. The molecule has 0 unspecified atom stereocenters. The van der Waals surface area contributed by atoms with Gasteiger partial charge in [0.05, 0.1) is 34.5 Å². The molecular formula is C20H21FN4O5. The first-order chi connectivity index (χ1) is 14.4. The first kappa shape index (κ1) is 21.3. The Bertz CT molecular complexity index is 947. The van der Waals surface area contributed by atoms with Crippen molar-refractivity contribution in [2.75, 3.05) is 30.3 Å². The summed E-state index contributed by atoms with van der Waals surface area (Å²) in [6.07, 6.45) is 1.98. The molecule has 1 fully saturated rings. The largest absolute Gasteiger partial charge is 0.377 e. The molecule has 1 aliphatic heterocycles. The second-order valence-electron chi connectivity index (χ2n) is 6.74. The maximum atomic E-state index is 13.8. The quantitative estimate of drug-likeness (QED) is 0.449. The molecule has 0 aliphatic carbocycles. The van der Waals surface area contributed by atoms with Crippen molar-refractivity contribution in [1.29, 1.82) is 0 Å². The van der Waals surface area contributed by atoms with Crippen LogP contribution in [0, 0.1) is 15.9 Å². The third kappa shape index (κ3) is 5.58. The summed E-state index contributed by atoms with van der Waals surface area (Å²) in [4.78, 5) is 35.3. The zero-order chi connectivity index (χ0) is 21.5. The molecule has 0 spiro atoms. The standard InChI is InChI=1S/C20H21FN4O5/c21-16-5-1-2-6-18(16)24-20(27)15-10-13(25(28)29)7-8-17(15)23-19(26)12-22-11-14-4-3-9-30-14/h1-2,5-8,10,14,22H,3-4,9,11-12H2,(H,23,26)(H,24,27)/t14-/m1/s1. The van der Waals surface area contributed by atoms with Crippen LogP contribution in [0.4, 0.5) is 21.5 Å². The van der Waals surface area contributed by atoms with E-state index >= 15 is 0 Å². The Balaban J connectivity index is 1.71. The number of carbonyl (C=O) groups excluding carboxylic acids is 2. The van der Waals surface area contributed by atoms with Crippen molar-refractivity contribution < 1.29 is 23.6 Å². The van der Waals surface area contributed by atoms with E-state index in [0.29, 0.717) is 13.2 Å². The molecule has 0 bridgehead atoms. The van der Waals surface area contributed by atoms with Crippen molar-refractivity contribution in [3.8, 4) is 0 Å². The molecule has 2 amide bonds. The Morgan fingerprint density at radius 3 is 2.67 bits per heavy atom. The molecule has 1 aliphatic rings. The number of anilines is 2. The molecular weight excluding hydrogens is 395 g/mol. The van der Waals surface area contributed by atoms with Gasteiger partial charge in [-0.05, 0) is 31.0 Å². The number of nitrogens with zero attached hydrogens (tertiary/aromatic N) is 1. The van der Waals surface area contributed by atoms with Crippen LogP contribution in [-0.4, -0.2) is 42.5 Å². The first-order valence-electron chi connectivity index (χ1n) is 9.40. The lowest BCUT2D eigenvalue weighted by Crippen LogP contribution is -2.34. The first-order valence-corrected chi connectivity index (χ1v) is 9.40. The zero-order valence-electron chi connectivity index (χ0n) is 16.0. The van der Waals surface area contributed by atoms with Gasteiger partial charge in [0.2, 0.25) is 5.91 Å². The second kappa shape index (κ2) is 9.90. The third-order valence-electron chi connectivity index (χ3n) is 4.54. The molecule has 3 N–H and O–H groups in total. The van der Waals surface area contributed by atoms with Crippen LogP contribution in [0.3, 0.4) is 0 Å². The number of hydrogen-bond acceptors (Lipinski definition) is 6. The van der Waals surface area contributed by atoms with Crippen molar-refractivity contribution in [2.45, 2.75) is 18.9 Å². The van der Waals surface area contributed by atoms with Crippen LogP contribution in [0.2, 0.25) is 0 Å². The smallest absolute Gasteiger partial charge is 0.270 e. The SMILES string of the molecule is O=C(CNC[C@H]1CCCO1)Nc1ccc([N+](=O)[O-])cc1C(=O)Nc1ccccc1F. The molecule has 2 aromatic carbocycles. The number of carbonyl (C=O) groups is 2. The van der Waals surface area contributed by atoms with Crippen molar-refractivity contribution in [3.05, 3.63) is 64.0 Å². The number of hydrogen-bond donors (Lipinski definition) is 3. The van der Waals surface area contributed by atoms with E-state index in [1.165, 1.54) is 36.4 Å². The van der Waals surface area contributed by atoms with Gasteiger partial charge in [-0.1, -0.05) is 12.1 Å². The van der Waals surface area contributed by atoms with Gasteiger partial charge in [0, 0.05) is 25.3 Å². The fraction of sp³-hybridized carbons (Fsp3) is 0.300. The number of ether oxygens (including phenoxy) is 1. The summed E-state index contributed by atoms with van der Waals surface area (Å²) in [6.45, 7) is 1.21. The summed E-state index contributed by atoms with van der Waals surface area (Å²) in [6, 6.07) is 9.01.